The Bertz CT molecular complexity index is 1220. The van der Waals surface area contributed by atoms with Crippen molar-refractivity contribution in [1.29, 1.82) is 0 Å². The maximum atomic E-state index is 13.5. The van der Waals surface area contributed by atoms with E-state index in [0.29, 0.717) is 29.5 Å². The molecule has 1 aliphatic heterocycles. The Morgan fingerprint density at radius 3 is 2.22 bits per heavy atom. The SMILES string of the molecule is COc1ccc(C(=O)Nc2nc3c(s2)CCCC3C(=O)N2CCN(c3ccc(OC)cc3)CC2)cc1. The second-order valence-corrected chi connectivity index (χ2v) is 10.0. The predicted molar refractivity (Wildman–Crippen MR) is 141 cm³/mol. The summed E-state index contributed by atoms with van der Waals surface area (Å²) in [5.41, 5.74) is 2.50. The number of thiazole rings is 1. The predicted octanol–water partition coefficient (Wildman–Crippen LogP) is 4.18. The average molecular weight is 507 g/mol. The lowest BCUT2D eigenvalue weighted by molar-refractivity contribution is -0.133. The van der Waals surface area contributed by atoms with E-state index in [1.54, 1.807) is 38.5 Å². The van der Waals surface area contributed by atoms with Crippen LogP contribution in [0.25, 0.3) is 0 Å². The molecule has 3 aromatic rings. The van der Waals surface area contributed by atoms with Gasteiger partial charge in [-0.1, -0.05) is 0 Å². The van der Waals surface area contributed by atoms with Crippen LogP contribution in [0.1, 0.15) is 39.7 Å². The monoisotopic (exact) mass is 506 g/mol. The molecule has 0 saturated carbocycles. The fourth-order valence-electron chi connectivity index (χ4n) is 4.82. The summed E-state index contributed by atoms with van der Waals surface area (Å²) in [6, 6.07) is 15.0. The number of aryl methyl sites for hydroxylation is 1. The van der Waals surface area contributed by atoms with Gasteiger partial charge in [0.15, 0.2) is 5.13 Å². The number of hydrogen-bond donors (Lipinski definition) is 1. The number of fused-ring (bicyclic) bond motifs is 1. The number of methoxy groups -OCH3 is 2. The second kappa shape index (κ2) is 10.6. The Labute approximate surface area is 214 Å². The number of piperazine rings is 1. The third-order valence-corrected chi connectivity index (χ3v) is 7.90. The lowest BCUT2D eigenvalue weighted by Gasteiger charge is -2.38. The van der Waals surface area contributed by atoms with Gasteiger partial charge in [0.05, 0.1) is 25.8 Å². The van der Waals surface area contributed by atoms with Crippen molar-refractivity contribution in [1.82, 2.24) is 9.88 Å². The van der Waals surface area contributed by atoms with Crippen molar-refractivity contribution in [3.8, 4) is 11.5 Å². The topological polar surface area (TPSA) is 84.0 Å². The van der Waals surface area contributed by atoms with Crippen molar-refractivity contribution in [3.05, 3.63) is 64.7 Å². The van der Waals surface area contributed by atoms with Gasteiger partial charge < -0.3 is 19.3 Å². The van der Waals surface area contributed by atoms with Crippen molar-refractivity contribution < 1.29 is 19.1 Å². The van der Waals surface area contributed by atoms with Gasteiger partial charge in [-0.15, -0.1) is 11.3 Å². The van der Waals surface area contributed by atoms with Crippen LogP contribution in [0.2, 0.25) is 0 Å². The fraction of sp³-hybridized carbons (Fsp3) is 0.370. The van der Waals surface area contributed by atoms with E-state index in [2.05, 4.69) is 22.3 Å². The van der Waals surface area contributed by atoms with Crippen molar-refractivity contribution in [3.63, 3.8) is 0 Å². The highest BCUT2D eigenvalue weighted by Crippen LogP contribution is 2.38. The average Bonchev–Trinajstić information content (AvgIpc) is 3.35. The maximum Gasteiger partial charge on any atom is 0.257 e. The van der Waals surface area contributed by atoms with E-state index in [9.17, 15) is 9.59 Å². The smallest absolute Gasteiger partial charge is 0.257 e. The van der Waals surface area contributed by atoms with Crippen molar-refractivity contribution in [2.24, 2.45) is 0 Å². The summed E-state index contributed by atoms with van der Waals surface area (Å²) in [6.45, 7) is 2.94. The van der Waals surface area contributed by atoms with Gasteiger partial charge in [-0.05, 0) is 67.8 Å². The minimum Gasteiger partial charge on any atom is -0.497 e. The third-order valence-electron chi connectivity index (χ3n) is 6.85. The molecule has 1 saturated heterocycles. The molecule has 2 aliphatic rings. The standard InChI is InChI=1S/C27H30N4O4S/c1-34-20-10-6-18(7-11-20)25(32)29-27-28-24-22(4-3-5-23(24)36-27)26(33)31-16-14-30(15-17-31)19-8-12-21(35-2)13-9-19/h6-13,22H,3-5,14-17H2,1-2H3,(H,28,29,32). The first-order valence-electron chi connectivity index (χ1n) is 12.2. The lowest BCUT2D eigenvalue weighted by Crippen LogP contribution is -2.50. The Balaban J connectivity index is 1.23. The van der Waals surface area contributed by atoms with Crippen molar-refractivity contribution >= 4 is 34.0 Å². The van der Waals surface area contributed by atoms with Gasteiger partial charge in [0.1, 0.15) is 11.5 Å². The molecular formula is C27H30N4O4S. The summed E-state index contributed by atoms with van der Waals surface area (Å²) in [7, 11) is 3.25. The molecule has 1 aromatic heterocycles. The zero-order valence-electron chi connectivity index (χ0n) is 20.5. The van der Waals surface area contributed by atoms with Crippen molar-refractivity contribution in [2.75, 3.05) is 50.6 Å². The van der Waals surface area contributed by atoms with Crippen LogP contribution in [0.15, 0.2) is 48.5 Å². The van der Waals surface area contributed by atoms with E-state index in [1.165, 1.54) is 11.3 Å². The molecule has 1 atom stereocenters. The quantitative estimate of drug-likeness (QED) is 0.540. The van der Waals surface area contributed by atoms with Gasteiger partial charge in [0, 0.05) is 42.3 Å². The highest BCUT2D eigenvalue weighted by Gasteiger charge is 2.34. The Morgan fingerprint density at radius 2 is 1.58 bits per heavy atom. The van der Waals surface area contributed by atoms with Gasteiger partial charge in [-0.3, -0.25) is 14.9 Å². The van der Waals surface area contributed by atoms with Crippen LogP contribution in [0.5, 0.6) is 11.5 Å². The summed E-state index contributed by atoms with van der Waals surface area (Å²) in [4.78, 5) is 36.3. The number of carbonyl (C=O) groups excluding carboxylic acids is 2. The van der Waals surface area contributed by atoms with E-state index < -0.39 is 0 Å². The minimum atomic E-state index is -0.246. The molecule has 2 amide bonds. The molecule has 0 radical (unpaired) electrons. The zero-order chi connectivity index (χ0) is 25.1. The first kappa shape index (κ1) is 24.1. The van der Waals surface area contributed by atoms with E-state index in [1.807, 2.05) is 17.0 Å². The number of anilines is 2. The van der Waals surface area contributed by atoms with E-state index in [-0.39, 0.29) is 17.7 Å². The van der Waals surface area contributed by atoms with Gasteiger partial charge in [0.2, 0.25) is 5.91 Å². The normalized spacial score (nSPS) is 17.3. The van der Waals surface area contributed by atoms with Crippen LogP contribution in [-0.2, 0) is 11.2 Å². The largest absolute Gasteiger partial charge is 0.497 e. The number of amides is 2. The van der Waals surface area contributed by atoms with E-state index in [4.69, 9.17) is 14.5 Å². The highest BCUT2D eigenvalue weighted by molar-refractivity contribution is 7.16. The molecule has 0 bridgehead atoms. The van der Waals surface area contributed by atoms with Crippen LogP contribution in [0.4, 0.5) is 10.8 Å². The van der Waals surface area contributed by atoms with Gasteiger partial charge >= 0.3 is 0 Å². The number of carbonyl (C=O) groups is 2. The lowest BCUT2D eigenvalue weighted by atomic mass is 9.89. The van der Waals surface area contributed by atoms with Crippen LogP contribution >= 0.6 is 11.3 Å². The van der Waals surface area contributed by atoms with Crippen molar-refractivity contribution in [2.45, 2.75) is 25.2 Å². The number of nitrogens with one attached hydrogen (secondary N) is 1. The Morgan fingerprint density at radius 1 is 0.944 bits per heavy atom. The molecule has 0 spiro atoms. The van der Waals surface area contributed by atoms with Crippen LogP contribution in [0.3, 0.4) is 0 Å². The number of ether oxygens (including phenoxy) is 2. The van der Waals surface area contributed by atoms with Crippen LogP contribution in [0, 0.1) is 0 Å². The number of hydrogen-bond acceptors (Lipinski definition) is 7. The Hall–Kier alpha value is -3.59. The molecule has 1 unspecified atom stereocenters. The summed E-state index contributed by atoms with van der Waals surface area (Å²) < 4.78 is 10.4. The van der Waals surface area contributed by atoms with E-state index in [0.717, 1.165) is 54.4 Å². The van der Waals surface area contributed by atoms with Crippen LogP contribution < -0.4 is 19.7 Å². The number of nitrogens with zero attached hydrogens (tertiary/aromatic N) is 3. The molecule has 1 aliphatic carbocycles. The number of benzene rings is 2. The minimum absolute atomic E-state index is 0.142. The summed E-state index contributed by atoms with van der Waals surface area (Å²) in [5.74, 6) is 1.21. The molecule has 2 aromatic carbocycles. The number of aromatic nitrogens is 1. The molecular weight excluding hydrogens is 476 g/mol. The Kier molecular flexibility index (Phi) is 7.09. The van der Waals surface area contributed by atoms with Crippen LogP contribution in [-0.4, -0.2) is 62.1 Å². The van der Waals surface area contributed by atoms with Gasteiger partial charge in [0.25, 0.3) is 5.91 Å². The second-order valence-electron chi connectivity index (χ2n) is 8.97. The van der Waals surface area contributed by atoms with E-state index >= 15 is 0 Å². The first-order valence-corrected chi connectivity index (χ1v) is 13.0. The molecule has 8 nitrogen and oxygen atoms in total. The molecule has 1 fully saturated rings. The van der Waals surface area contributed by atoms with Gasteiger partial charge in [-0.25, -0.2) is 4.98 Å². The first-order chi connectivity index (χ1) is 17.6. The molecule has 9 heteroatoms. The maximum absolute atomic E-state index is 13.5. The highest BCUT2D eigenvalue weighted by atomic mass is 32.1. The summed E-state index contributed by atoms with van der Waals surface area (Å²) in [6.07, 6.45) is 2.63. The zero-order valence-corrected chi connectivity index (χ0v) is 21.3. The molecule has 188 valence electrons. The fourth-order valence-corrected chi connectivity index (χ4v) is 5.88. The molecule has 1 N–H and O–H groups in total. The summed E-state index contributed by atoms with van der Waals surface area (Å²) >= 11 is 1.48. The molecule has 36 heavy (non-hydrogen) atoms. The number of rotatable bonds is 6. The summed E-state index contributed by atoms with van der Waals surface area (Å²) in [5, 5.41) is 3.46. The third kappa shape index (κ3) is 5.02. The van der Waals surface area contributed by atoms with Gasteiger partial charge in [-0.2, -0.15) is 0 Å². The molecule has 2 heterocycles. The molecule has 5 rings (SSSR count).